The van der Waals surface area contributed by atoms with Crippen LogP contribution in [0.25, 0.3) is 0 Å². The molecule has 0 bridgehead atoms. The molecule has 0 radical (unpaired) electrons. The fourth-order valence-electron chi connectivity index (χ4n) is 2.81. The van der Waals surface area contributed by atoms with E-state index in [2.05, 4.69) is 33.0 Å². The van der Waals surface area contributed by atoms with E-state index < -0.39 is 0 Å². The van der Waals surface area contributed by atoms with Crippen LogP contribution < -0.4 is 5.32 Å². The van der Waals surface area contributed by atoms with E-state index in [1.807, 2.05) is 7.11 Å². The highest BCUT2D eigenvalue weighted by atomic mass is 16.5. The molecule has 0 spiro atoms. The molecule has 2 rings (SSSR count). The van der Waals surface area contributed by atoms with Gasteiger partial charge < -0.3 is 10.1 Å². The predicted molar refractivity (Wildman–Crippen MR) is 62.9 cm³/mol. The van der Waals surface area contributed by atoms with E-state index >= 15 is 0 Å². The smallest absolute Gasteiger partial charge is 0.0731 e. The number of ether oxygens (including phenoxy) is 1. The fraction of sp³-hybridized carbons (Fsp3) is 1.00. The molecule has 2 aliphatic rings. The van der Waals surface area contributed by atoms with Gasteiger partial charge in [-0.1, -0.05) is 13.8 Å². The lowest BCUT2D eigenvalue weighted by Gasteiger charge is -2.60. The maximum atomic E-state index is 5.64. The highest BCUT2D eigenvalue weighted by Crippen LogP contribution is 2.52. The van der Waals surface area contributed by atoms with Gasteiger partial charge in [-0.2, -0.15) is 0 Å². The van der Waals surface area contributed by atoms with Gasteiger partial charge in [0.2, 0.25) is 0 Å². The van der Waals surface area contributed by atoms with E-state index in [0.717, 1.165) is 12.3 Å². The molecule has 2 heteroatoms. The Morgan fingerprint density at radius 3 is 2.27 bits per heavy atom. The van der Waals surface area contributed by atoms with Crippen LogP contribution in [0.15, 0.2) is 0 Å². The minimum Gasteiger partial charge on any atom is -0.378 e. The maximum Gasteiger partial charge on any atom is 0.0731 e. The van der Waals surface area contributed by atoms with E-state index in [0.29, 0.717) is 12.1 Å². The number of hydrogen-bond donors (Lipinski definition) is 1. The number of methoxy groups -OCH3 is 1. The third-order valence-corrected chi connectivity index (χ3v) is 5.07. The van der Waals surface area contributed by atoms with Gasteiger partial charge in [0, 0.05) is 24.6 Å². The lowest BCUT2D eigenvalue weighted by molar-refractivity contribution is -0.182. The quantitative estimate of drug-likeness (QED) is 0.771. The summed E-state index contributed by atoms with van der Waals surface area (Å²) in [6, 6.07) is 1.31. The second kappa shape index (κ2) is 3.46. The van der Waals surface area contributed by atoms with Crippen molar-refractivity contribution in [2.45, 2.75) is 64.6 Å². The van der Waals surface area contributed by atoms with Crippen molar-refractivity contribution in [1.29, 1.82) is 0 Å². The molecule has 3 unspecified atom stereocenters. The lowest BCUT2D eigenvalue weighted by atomic mass is 9.55. The normalized spacial score (nSPS) is 41.0. The van der Waals surface area contributed by atoms with Crippen molar-refractivity contribution in [3.05, 3.63) is 0 Å². The molecule has 0 saturated heterocycles. The van der Waals surface area contributed by atoms with Crippen molar-refractivity contribution in [1.82, 2.24) is 5.32 Å². The monoisotopic (exact) mass is 211 g/mol. The third kappa shape index (κ3) is 1.72. The molecule has 2 aliphatic carbocycles. The van der Waals surface area contributed by atoms with Crippen LogP contribution in [-0.4, -0.2) is 24.8 Å². The van der Waals surface area contributed by atoms with Gasteiger partial charge in [-0.15, -0.1) is 0 Å². The van der Waals surface area contributed by atoms with Crippen molar-refractivity contribution in [3.8, 4) is 0 Å². The summed E-state index contributed by atoms with van der Waals surface area (Å²) in [5, 5.41) is 3.78. The summed E-state index contributed by atoms with van der Waals surface area (Å²) in [7, 11) is 1.84. The Labute approximate surface area is 93.8 Å². The molecule has 0 aromatic carbocycles. The number of nitrogens with one attached hydrogen (secondary N) is 1. The summed E-state index contributed by atoms with van der Waals surface area (Å²) in [6.07, 6.45) is 3.99. The van der Waals surface area contributed by atoms with Gasteiger partial charge in [-0.3, -0.25) is 0 Å². The Morgan fingerprint density at radius 1 is 1.27 bits per heavy atom. The first-order valence-electron chi connectivity index (χ1n) is 6.22. The zero-order chi connectivity index (χ0) is 11.3. The van der Waals surface area contributed by atoms with Crippen molar-refractivity contribution in [2.24, 2.45) is 11.3 Å². The van der Waals surface area contributed by atoms with Crippen molar-refractivity contribution in [3.63, 3.8) is 0 Å². The fourth-order valence-corrected chi connectivity index (χ4v) is 2.81. The standard InChI is InChI=1S/C13H25NO/c1-9(10-6-7-10)14-11-8-13(4,15-5)12(11,2)3/h9-11,14H,6-8H2,1-5H3. The molecule has 88 valence electrons. The largest absolute Gasteiger partial charge is 0.378 e. The topological polar surface area (TPSA) is 21.3 Å². The molecule has 0 aromatic rings. The summed E-state index contributed by atoms with van der Waals surface area (Å²) in [5.41, 5.74) is 0.318. The highest BCUT2D eigenvalue weighted by molar-refractivity contribution is 5.12. The van der Waals surface area contributed by atoms with Crippen LogP contribution in [0.4, 0.5) is 0 Å². The Bertz CT molecular complexity index is 247. The van der Waals surface area contributed by atoms with E-state index in [4.69, 9.17) is 4.74 Å². The molecular formula is C13H25NO. The van der Waals surface area contributed by atoms with Gasteiger partial charge in [-0.25, -0.2) is 0 Å². The van der Waals surface area contributed by atoms with Gasteiger partial charge in [0.15, 0.2) is 0 Å². The third-order valence-electron chi connectivity index (χ3n) is 5.07. The SMILES string of the molecule is COC1(C)CC(NC(C)C2CC2)C1(C)C. The number of hydrogen-bond acceptors (Lipinski definition) is 2. The van der Waals surface area contributed by atoms with E-state index in [-0.39, 0.29) is 11.0 Å². The lowest BCUT2D eigenvalue weighted by Crippen LogP contribution is -2.69. The predicted octanol–water partition coefficient (Wildman–Crippen LogP) is 2.58. The van der Waals surface area contributed by atoms with Crippen LogP contribution in [0.1, 0.15) is 47.0 Å². The minimum absolute atomic E-state index is 0.0634. The first kappa shape index (κ1) is 11.4. The molecule has 0 amide bonds. The summed E-state index contributed by atoms with van der Waals surface area (Å²) < 4.78 is 5.64. The summed E-state index contributed by atoms with van der Waals surface area (Å²) in [5.74, 6) is 0.940. The second-order valence-corrected chi connectivity index (χ2v) is 6.21. The summed E-state index contributed by atoms with van der Waals surface area (Å²) in [6.45, 7) is 9.19. The van der Waals surface area contributed by atoms with Crippen LogP contribution >= 0.6 is 0 Å². The van der Waals surface area contributed by atoms with Crippen LogP contribution in [0.2, 0.25) is 0 Å². The summed E-state index contributed by atoms with van der Waals surface area (Å²) >= 11 is 0. The van der Waals surface area contributed by atoms with Crippen molar-refractivity contribution >= 4 is 0 Å². The van der Waals surface area contributed by atoms with Crippen LogP contribution in [-0.2, 0) is 4.74 Å². The Morgan fingerprint density at radius 2 is 1.87 bits per heavy atom. The Hall–Kier alpha value is -0.0800. The van der Waals surface area contributed by atoms with Crippen molar-refractivity contribution in [2.75, 3.05) is 7.11 Å². The average Bonchev–Trinajstić information content (AvgIpc) is 2.99. The van der Waals surface area contributed by atoms with Gasteiger partial charge in [0.05, 0.1) is 5.60 Å². The zero-order valence-corrected chi connectivity index (χ0v) is 10.8. The van der Waals surface area contributed by atoms with Crippen LogP contribution in [0.3, 0.4) is 0 Å². The average molecular weight is 211 g/mol. The van der Waals surface area contributed by atoms with Crippen LogP contribution in [0, 0.1) is 11.3 Å². The molecular weight excluding hydrogens is 186 g/mol. The Balaban J connectivity index is 1.91. The number of rotatable bonds is 4. The van der Waals surface area contributed by atoms with E-state index in [1.165, 1.54) is 12.8 Å². The van der Waals surface area contributed by atoms with Gasteiger partial charge in [0.25, 0.3) is 0 Å². The molecule has 1 N–H and O–H groups in total. The van der Waals surface area contributed by atoms with Gasteiger partial charge in [0.1, 0.15) is 0 Å². The molecule has 15 heavy (non-hydrogen) atoms. The molecule has 0 aliphatic heterocycles. The van der Waals surface area contributed by atoms with Crippen LogP contribution in [0.5, 0.6) is 0 Å². The molecule has 2 saturated carbocycles. The first-order chi connectivity index (χ1) is 6.90. The highest BCUT2D eigenvalue weighted by Gasteiger charge is 2.58. The molecule has 0 aromatic heterocycles. The molecule has 2 nitrogen and oxygen atoms in total. The van der Waals surface area contributed by atoms with E-state index in [9.17, 15) is 0 Å². The molecule has 0 heterocycles. The van der Waals surface area contributed by atoms with E-state index in [1.54, 1.807) is 0 Å². The minimum atomic E-state index is 0.0634. The molecule has 2 fully saturated rings. The van der Waals surface area contributed by atoms with Gasteiger partial charge >= 0.3 is 0 Å². The maximum absolute atomic E-state index is 5.64. The molecule has 3 atom stereocenters. The first-order valence-corrected chi connectivity index (χ1v) is 6.22. The zero-order valence-electron chi connectivity index (χ0n) is 10.8. The summed E-state index contributed by atoms with van der Waals surface area (Å²) in [4.78, 5) is 0. The Kier molecular flexibility index (Phi) is 2.63. The van der Waals surface area contributed by atoms with Gasteiger partial charge in [-0.05, 0) is 39.0 Å². The van der Waals surface area contributed by atoms with Crippen molar-refractivity contribution < 1.29 is 4.74 Å². The second-order valence-electron chi connectivity index (χ2n) is 6.21.